The zero-order valence-corrected chi connectivity index (χ0v) is 16.2. The molecule has 1 aliphatic rings. The molecule has 1 amide bonds. The summed E-state index contributed by atoms with van der Waals surface area (Å²) in [6.07, 6.45) is 0.506. The van der Waals surface area contributed by atoms with Crippen LogP contribution < -0.4 is 10.2 Å². The summed E-state index contributed by atoms with van der Waals surface area (Å²) in [7, 11) is 0. The average Bonchev–Trinajstić information content (AvgIpc) is 2.65. The maximum absolute atomic E-state index is 12.1. The van der Waals surface area contributed by atoms with E-state index in [1.807, 2.05) is 12.1 Å². The summed E-state index contributed by atoms with van der Waals surface area (Å²) in [6, 6.07) is 13.7. The number of halogens is 1. The summed E-state index contributed by atoms with van der Waals surface area (Å²) in [5.41, 5.74) is 4.83. The van der Waals surface area contributed by atoms with Crippen molar-refractivity contribution in [2.24, 2.45) is 0 Å². The van der Waals surface area contributed by atoms with Crippen LogP contribution in [0.5, 0.6) is 0 Å². The van der Waals surface area contributed by atoms with Crippen LogP contribution in [0, 0.1) is 13.8 Å². The fourth-order valence-corrected chi connectivity index (χ4v) is 3.43. The fraction of sp³-hybridized carbons (Fsp3) is 0.381. The molecular weight excluding hydrogens is 346 g/mol. The molecule has 1 N–H and O–H groups in total. The van der Waals surface area contributed by atoms with Crippen molar-refractivity contribution < 1.29 is 4.79 Å². The molecule has 3 rings (SSSR count). The lowest BCUT2D eigenvalue weighted by Crippen LogP contribution is -2.47. The van der Waals surface area contributed by atoms with Crippen molar-refractivity contribution >= 4 is 28.9 Å². The largest absolute Gasteiger partial charge is 0.369 e. The number of aryl methyl sites for hydroxylation is 1. The number of piperazine rings is 1. The van der Waals surface area contributed by atoms with Crippen molar-refractivity contribution in [2.45, 2.75) is 20.3 Å². The quantitative estimate of drug-likeness (QED) is 0.859. The van der Waals surface area contributed by atoms with E-state index in [2.05, 4.69) is 47.2 Å². The summed E-state index contributed by atoms with van der Waals surface area (Å²) >= 11 is 5.86. The molecule has 2 aromatic carbocycles. The van der Waals surface area contributed by atoms with Crippen molar-refractivity contribution in [2.75, 3.05) is 42.9 Å². The number of anilines is 2. The minimum atomic E-state index is 0.0456. The Bertz CT molecular complexity index is 752. The van der Waals surface area contributed by atoms with Crippen LogP contribution in [-0.4, -0.2) is 43.5 Å². The molecule has 0 atom stereocenters. The molecule has 0 bridgehead atoms. The summed E-state index contributed by atoms with van der Waals surface area (Å²) in [5.74, 6) is 0.0456. The second-order valence-electron chi connectivity index (χ2n) is 6.85. The Morgan fingerprint density at radius 1 is 1.04 bits per heavy atom. The Hall–Kier alpha value is -2.04. The second kappa shape index (κ2) is 8.56. The monoisotopic (exact) mass is 371 g/mol. The molecule has 1 heterocycles. The van der Waals surface area contributed by atoms with Crippen LogP contribution in [0.2, 0.25) is 5.02 Å². The predicted molar refractivity (Wildman–Crippen MR) is 109 cm³/mol. The van der Waals surface area contributed by atoms with Gasteiger partial charge in [-0.05, 0) is 55.3 Å². The first kappa shape index (κ1) is 18.7. The topological polar surface area (TPSA) is 35.6 Å². The lowest BCUT2D eigenvalue weighted by molar-refractivity contribution is -0.116. The van der Waals surface area contributed by atoms with Gasteiger partial charge in [0.15, 0.2) is 0 Å². The van der Waals surface area contributed by atoms with Crippen molar-refractivity contribution in [3.05, 3.63) is 58.6 Å². The van der Waals surface area contributed by atoms with E-state index in [1.165, 1.54) is 16.8 Å². The molecule has 5 heteroatoms. The highest BCUT2D eigenvalue weighted by Crippen LogP contribution is 2.23. The minimum absolute atomic E-state index is 0.0456. The number of benzene rings is 2. The molecule has 1 fully saturated rings. The molecule has 138 valence electrons. The number of nitrogens with one attached hydrogen (secondary N) is 1. The van der Waals surface area contributed by atoms with Gasteiger partial charge in [-0.2, -0.15) is 0 Å². The van der Waals surface area contributed by atoms with Crippen molar-refractivity contribution in [3.63, 3.8) is 0 Å². The normalized spacial score (nSPS) is 15.1. The van der Waals surface area contributed by atoms with Crippen LogP contribution in [0.15, 0.2) is 42.5 Å². The van der Waals surface area contributed by atoms with Crippen LogP contribution in [0.4, 0.5) is 11.4 Å². The molecule has 0 aromatic heterocycles. The number of carbonyl (C=O) groups is 1. The lowest BCUT2D eigenvalue weighted by Gasteiger charge is -2.37. The molecular formula is C21H26ClN3O. The highest BCUT2D eigenvalue weighted by atomic mass is 35.5. The van der Waals surface area contributed by atoms with E-state index in [4.69, 9.17) is 11.6 Å². The third-order valence-electron chi connectivity index (χ3n) is 5.07. The summed E-state index contributed by atoms with van der Waals surface area (Å²) in [4.78, 5) is 16.9. The van der Waals surface area contributed by atoms with Crippen LogP contribution in [-0.2, 0) is 4.79 Å². The van der Waals surface area contributed by atoms with Gasteiger partial charge in [0.05, 0.1) is 0 Å². The summed E-state index contributed by atoms with van der Waals surface area (Å²) < 4.78 is 0. The van der Waals surface area contributed by atoms with Gasteiger partial charge >= 0.3 is 0 Å². The fourth-order valence-electron chi connectivity index (χ4n) is 3.31. The van der Waals surface area contributed by atoms with Gasteiger partial charge in [0, 0.05) is 55.5 Å². The van der Waals surface area contributed by atoms with Crippen LogP contribution in [0.1, 0.15) is 17.5 Å². The molecule has 26 heavy (non-hydrogen) atoms. The average molecular weight is 372 g/mol. The number of hydrogen-bond acceptors (Lipinski definition) is 3. The van der Waals surface area contributed by atoms with Gasteiger partial charge in [-0.15, -0.1) is 0 Å². The SMILES string of the molecule is Cc1cccc(N2CCN(CCC(=O)Nc3ccc(Cl)cc3)CC2)c1C. The van der Waals surface area contributed by atoms with Crippen molar-refractivity contribution in [1.82, 2.24) is 4.90 Å². The highest BCUT2D eigenvalue weighted by Gasteiger charge is 2.19. The van der Waals surface area contributed by atoms with E-state index in [1.54, 1.807) is 12.1 Å². The van der Waals surface area contributed by atoms with Crippen molar-refractivity contribution in [1.29, 1.82) is 0 Å². The predicted octanol–water partition coefficient (Wildman–Crippen LogP) is 4.11. The first-order chi connectivity index (χ1) is 12.5. The van der Waals surface area contributed by atoms with E-state index >= 15 is 0 Å². The van der Waals surface area contributed by atoms with Gasteiger partial charge < -0.3 is 10.2 Å². The third-order valence-corrected chi connectivity index (χ3v) is 5.32. The second-order valence-corrected chi connectivity index (χ2v) is 7.29. The molecule has 0 saturated carbocycles. The maximum atomic E-state index is 12.1. The lowest BCUT2D eigenvalue weighted by atomic mass is 10.1. The molecule has 4 nitrogen and oxygen atoms in total. The zero-order valence-electron chi connectivity index (χ0n) is 15.5. The van der Waals surface area contributed by atoms with Gasteiger partial charge in [0.2, 0.25) is 5.91 Å². The standard InChI is InChI=1S/C21H26ClN3O/c1-16-4-3-5-20(17(16)2)25-14-12-24(13-15-25)11-10-21(26)23-19-8-6-18(22)7-9-19/h3-9H,10-15H2,1-2H3,(H,23,26). The van der Waals surface area contributed by atoms with E-state index in [0.29, 0.717) is 11.4 Å². The van der Waals surface area contributed by atoms with Gasteiger partial charge in [-0.1, -0.05) is 23.7 Å². The summed E-state index contributed by atoms with van der Waals surface area (Å²) in [5, 5.41) is 3.59. The minimum Gasteiger partial charge on any atom is -0.369 e. The molecule has 2 aromatic rings. The van der Waals surface area contributed by atoms with Crippen LogP contribution >= 0.6 is 11.6 Å². The number of rotatable bonds is 5. The molecule has 0 unspecified atom stereocenters. The van der Waals surface area contributed by atoms with Crippen molar-refractivity contribution in [3.8, 4) is 0 Å². The molecule has 0 aliphatic carbocycles. The van der Waals surface area contributed by atoms with Gasteiger partial charge in [-0.25, -0.2) is 0 Å². The maximum Gasteiger partial charge on any atom is 0.225 e. The first-order valence-corrected chi connectivity index (χ1v) is 9.49. The zero-order chi connectivity index (χ0) is 18.5. The van der Waals surface area contributed by atoms with Gasteiger partial charge in [0.1, 0.15) is 0 Å². The van der Waals surface area contributed by atoms with E-state index in [9.17, 15) is 4.79 Å². The van der Waals surface area contributed by atoms with Crippen LogP contribution in [0.3, 0.4) is 0 Å². The highest BCUT2D eigenvalue weighted by molar-refractivity contribution is 6.30. The van der Waals surface area contributed by atoms with Gasteiger partial charge in [-0.3, -0.25) is 9.69 Å². The van der Waals surface area contributed by atoms with Crippen LogP contribution in [0.25, 0.3) is 0 Å². The van der Waals surface area contributed by atoms with E-state index in [0.717, 1.165) is 38.4 Å². The Morgan fingerprint density at radius 3 is 2.42 bits per heavy atom. The third kappa shape index (κ3) is 4.77. The molecule has 1 aliphatic heterocycles. The summed E-state index contributed by atoms with van der Waals surface area (Å²) in [6.45, 7) is 9.13. The van der Waals surface area contributed by atoms with E-state index < -0.39 is 0 Å². The van der Waals surface area contributed by atoms with Gasteiger partial charge in [0.25, 0.3) is 0 Å². The Balaban J connectivity index is 1.44. The Labute approximate surface area is 160 Å². The molecule has 0 spiro atoms. The Morgan fingerprint density at radius 2 is 1.73 bits per heavy atom. The number of nitrogens with zero attached hydrogens (tertiary/aromatic N) is 2. The number of amides is 1. The Kier molecular flexibility index (Phi) is 6.17. The smallest absolute Gasteiger partial charge is 0.225 e. The molecule has 0 radical (unpaired) electrons. The molecule has 1 saturated heterocycles. The number of hydrogen-bond donors (Lipinski definition) is 1. The number of carbonyl (C=O) groups excluding carboxylic acids is 1. The van der Waals surface area contributed by atoms with E-state index in [-0.39, 0.29) is 5.91 Å². The first-order valence-electron chi connectivity index (χ1n) is 9.12.